The highest BCUT2D eigenvalue weighted by Crippen LogP contribution is 2.17. The van der Waals surface area contributed by atoms with E-state index < -0.39 is 16.0 Å². The molecule has 0 unspecified atom stereocenters. The number of benzene rings is 2. The second-order valence-electron chi connectivity index (χ2n) is 4.53. The average molecular weight is 319 g/mol. The molecule has 0 fully saturated rings. The van der Waals surface area contributed by atoms with Gasteiger partial charge >= 0.3 is 5.97 Å². The minimum Gasteiger partial charge on any atom is -0.462 e. The topological polar surface area (TPSA) is 72.5 Å². The fourth-order valence-electron chi connectivity index (χ4n) is 1.93. The lowest BCUT2D eigenvalue weighted by molar-refractivity contribution is 0.0522. The Morgan fingerprint density at radius 3 is 2.36 bits per heavy atom. The van der Waals surface area contributed by atoms with Crippen molar-refractivity contribution in [3.05, 3.63) is 65.7 Å². The molecule has 0 heterocycles. The zero-order valence-corrected chi connectivity index (χ0v) is 13.0. The maximum atomic E-state index is 12.4. The van der Waals surface area contributed by atoms with E-state index in [1.54, 1.807) is 19.1 Å². The maximum absolute atomic E-state index is 12.4. The summed E-state index contributed by atoms with van der Waals surface area (Å²) in [6, 6.07) is 15.1. The Morgan fingerprint density at radius 1 is 1.05 bits per heavy atom. The Hall–Kier alpha value is -2.18. The van der Waals surface area contributed by atoms with Crippen LogP contribution in [-0.4, -0.2) is 21.0 Å². The standard InChI is InChI=1S/C16H17NO4S/c1-2-21-16(18)14-10-6-7-11-15(14)22(19,20)17-12-13-8-4-3-5-9-13/h3-11,17H,2,12H2,1H3. The second kappa shape index (κ2) is 7.20. The van der Waals surface area contributed by atoms with Crippen LogP contribution in [0.5, 0.6) is 0 Å². The molecule has 0 amide bonds. The lowest BCUT2D eigenvalue weighted by atomic mass is 10.2. The summed E-state index contributed by atoms with van der Waals surface area (Å²) < 4.78 is 32.2. The molecular weight excluding hydrogens is 302 g/mol. The minimum atomic E-state index is -3.80. The van der Waals surface area contributed by atoms with Crippen LogP contribution in [0.4, 0.5) is 0 Å². The van der Waals surface area contributed by atoms with Crippen LogP contribution >= 0.6 is 0 Å². The molecule has 1 N–H and O–H groups in total. The van der Waals surface area contributed by atoms with Crippen molar-refractivity contribution >= 4 is 16.0 Å². The molecule has 2 aromatic rings. The molecule has 0 atom stereocenters. The van der Waals surface area contributed by atoms with Crippen LogP contribution in [0.1, 0.15) is 22.8 Å². The van der Waals surface area contributed by atoms with Crippen molar-refractivity contribution in [1.82, 2.24) is 4.72 Å². The van der Waals surface area contributed by atoms with E-state index in [1.807, 2.05) is 30.3 Å². The number of carbonyl (C=O) groups is 1. The molecular formula is C16H17NO4S. The van der Waals surface area contributed by atoms with Crippen LogP contribution in [0.25, 0.3) is 0 Å². The number of hydrogen-bond donors (Lipinski definition) is 1. The number of carbonyl (C=O) groups excluding carboxylic acids is 1. The summed E-state index contributed by atoms with van der Waals surface area (Å²) in [5.41, 5.74) is 0.865. The van der Waals surface area contributed by atoms with Gasteiger partial charge < -0.3 is 4.74 Å². The lowest BCUT2D eigenvalue weighted by Crippen LogP contribution is -2.25. The van der Waals surface area contributed by atoms with E-state index in [9.17, 15) is 13.2 Å². The summed E-state index contributed by atoms with van der Waals surface area (Å²) in [4.78, 5) is 11.8. The van der Waals surface area contributed by atoms with Crippen molar-refractivity contribution < 1.29 is 17.9 Å². The Morgan fingerprint density at radius 2 is 1.68 bits per heavy atom. The van der Waals surface area contributed by atoms with E-state index in [2.05, 4.69) is 4.72 Å². The Balaban J connectivity index is 2.24. The highest BCUT2D eigenvalue weighted by atomic mass is 32.2. The third-order valence-corrected chi connectivity index (χ3v) is 4.44. The van der Waals surface area contributed by atoms with Gasteiger partial charge in [0.25, 0.3) is 0 Å². The molecule has 0 radical (unpaired) electrons. The van der Waals surface area contributed by atoms with Gasteiger partial charge in [-0.1, -0.05) is 42.5 Å². The predicted molar refractivity (Wildman–Crippen MR) is 82.9 cm³/mol. The molecule has 2 aromatic carbocycles. The lowest BCUT2D eigenvalue weighted by Gasteiger charge is -2.11. The van der Waals surface area contributed by atoms with Crippen molar-refractivity contribution in [2.24, 2.45) is 0 Å². The minimum absolute atomic E-state index is 0.0323. The first-order chi connectivity index (χ1) is 10.5. The molecule has 5 nitrogen and oxygen atoms in total. The van der Waals surface area contributed by atoms with E-state index in [4.69, 9.17) is 4.74 Å². The summed E-state index contributed by atoms with van der Waals surface area (Å²) in [6.07, 6.45) is 0. The number of ether oxygens (including phenoxy) is 1. The molecule has 0 aliphatic rings. The van der Waals surface area contributed by atoms with E-state index in [0.717, 1.165) is 5.56 Å². The summed E-state index contributed by atoms with van der Waals surface area (Å²) in [5.74, 6) is -0.650. The number of sulfonamides is 1. The van der Waals surface area contributed by atoms with E-state index in [1.165, 1.54) is 12.1 Å². The fourth-order valence-corrected chi connectivity index (χ4v) is 3.14. The summed E-state index contributed by atoms with van der Waals surface area (Å²) in [7, 11) is -3.80. The number of esters is 1. The van der Waals surface area contributed by atoms with E-state index >= 15 is 0 Å². The monoisotopic (exact) mass is 319 g/mol. The van der Waals surface area contributed by atoms with Gasteiger partial charge in [0.2, 0.25) is 10.0 Å². The predicted octanol–water partition coefficient (Wildman–Crippen LogP) is 2.34. The molecule has 0 saturated heterocycles. The van der Waals surface area contributed by atoms with E-state index in [-0.39, 0.29) is 23.6 Å². The molecule has 116 valence electrons. The van der Waals surface area contributed by atoms with Crippen LogP contribution in [0.15, 0.2) is 59.5 Å². The SMILES string of the molecule is CCOC(=O)c1ccccc1S(=O)(=O)NCc1ccccc1. The molecule has 0 spiro atoms. The molecule has 0 saturated carbocycles. The summed E-state index contributed by atoms with van der Waals surface area (Å²) >= 11 is 0. The zero-order chi connectivity index (χ0) is 16.0. The van der Waals surface area contributed by atoms with Crippen LogP contribution in [0.2, 0.25) is 0 Å². The third-order valence-electron chi connectivity index (χ3n) is 2.98. The molecule has 0 aliphatic carbocycles. The van der Waals surface area contributed by atoms with Gasteiger partial charge in [0, 0.05) is 6.54 Å². The van der Waals surface area contributed by atoms with Crippen LogP contribution in [0.3, 0.4) is 0 Å². The van der Waals surface area contributed by atoms with Crippen molar-refractivity contribution in [1.29, 1.82) is 0 Å². The van der Waals surface area contributed by atoms with Gasteiger partial charge in [-0.15, -0.1) is 0 Å². The fraction of sp³-hybridized carbons (Fsp3) is 0.188. The summed E-state index contributed by atoms with van der Waals surface area (Å²) in [5, 5.41) is 0. The summed E-state index contributed by atoms with van der Waals surface area (Å²) in [6.45, 7) is 2.01. The van der Waals surface area contributed by atoms with Gasteiger partial charge in [0.05, 0.1) is 17.1 Å². The van der Waals surface area contributed by atoms with Crippen LogP contribution in [0, 0.1) is 0 Å². The van der Waals surface area contributed by atoms with Gasteiger partial charge in [-0.25, -0.2) is 17.9 Å². The molecule has 0 bridgehead atoms. The highest BCUT2D eigenvalue weighted by molar-refractivity contribution is 7.89. The van der Waals surface area contributed by atoms with Gasteiger partial charge in [-0.05, 0) is 24.6 Å². The molecule has 0 aliphatic heterocycles. The van der Waals surface area contributed by atoms with Crippen molar-refractivity contribution in [3.63, 3.8) is 0 Å². The molecule has 6 heteroatoms. The normalized spacial score (nSPS) is 11.1. The first kappa shape index (κ1) is 16.2. The van der Waals surface area contributed by atoms with Gasteiger partial charge in [-0.3, -0.25) is 0 Å². The average Bonchev–Trinajstić information content (AvgIpc) is 2.54. The molecule has 22 heavy (non-hydrogen) atoms. The quantitative estimate of drug-likeness (QED) is 0.830. The van der Waals surface area contributed by atoms with Crippen molar-refractivity contribution in [2.75, 3.05) is 6.61 Å². The second-order valence-corrected chi connectivity index (χ2v) is 6.26. The highest BCUT2D eigenvalue weighted by Gasteiger charge is 2.22. The Bertz CT molecular complexity index is 742. The number of rotatable bonds is 6. The zero-order valence-electron chi connectivity index (χ0n) is 12.2. The number of hydrogen-bond acceptors (Lipinski definition) is 4. The van der Waals surface area contributed by atoms with Crippen molar-refractivity contribution in [3.8, 4) is 0 Å². The van der Waals surface area contributed by atoms with E-state index in [0.29, 0.717) is 0 Å². The number of nitrogens with one attached hydrogen (secondary N) is 1. The Kier molecular flexibility index (Phi) is 5.30. The first-order valence-corrected chi connectivity index (χ1v) is 8.32. The smallest absolute Gasteiger partial charge is 0.339 e. The first-order valence-electron chi connectivity index (χ1n) is 6.84. The maximum Gasteiger partial charge on any atom is 0.339 e. The van der Waals surface area contributed by atoms with Crippen LogP contribution < -0.4 is 4.72 Å². The molecule has 0 aromatic heterocycles. The third kappa shape index (κ3) is 3.93. The Labute approximate surface area is 130 Å². The largest absolute Gasteiger partial charge is 0.462 e. The van der Waals surface area contributed by atoms with Crippen molar-refractivity contribution in [2.45, 2.75) is 18.4 Å². The van der Waals surface area contributed by atoms with Gasteiger partial charge in [0.15, 0.2) is 0 Å². The van der Waals surface area contributed by atoms with Gasteiger partial charge in [0.1, 0.15) is 0 Å². The van der Waals surface area contributed by atoms with Crippen LogP contribution in [-0.2, 0) is 21.3 Å². The molecule has 2 rings (SSSR count). The van der Waals surface area contributed by atoms with Gasteiger partial charge in [-0.2, -0.15) is 0 Å².